The van der Waals surface area contributed by atoms with Crippen molar-refractivity contribution in [1.29, 1.82) is 5.26 Å². The average molecular weight is 486 g/mol. The number of ether oxygens (including phenoxy) is 1. The topological polar surface area (TPSA) is 56.6 Å². The van der Waals surface area contributed by atoms with Gasteiger partial charge in [-0.1, -0.05) is 17.7 Å². The second-order valence-corrected chi connectivity index (χ2v) is 9.74. The molecule has 0 aromatic heterocycles. The number of benzene rings is 2. The number of alkyl halides is 3. The molecule has 2 atom stereocenters. The van der Waals surface area contributed by atoms with Gasteiger partial charge in [0.1, 0.15) is 0 Å². The van der Waals surface area contributed by atoms with Crippen molar-refractivity contribution in [2.24, 2.45) is 11.3 Å². The van der Waals surface area contributed by atoms with Gasteiger partial charge in [0, 0.05) is 55.4 Å². The van der Waals surface area contributed by atoms with Crippen LogP contribution in [0.15, 0.2) is 36.4 Å². The fourth-order valence-corrected chi connectivity index (χ4v) is 5.41. The molecule has 0 radical (unpaired) electrons. The summed E-state index contributed by atoms with van der Waals surface area (Å²) < 4.78 is 46.4. The first-order chi connectivity index (χ1) is 16.6. The Morgan fingerprint density at radius 3 is 2.66 bits per heavy atom. The number of piperidine rings is 1. The van der Waals surface area contributed by atoms with Crippen LogP contribution in [0.3, 0.4) is 0 Å². The van der Waals surface area contributed by atoms with Crippen LogP contribution in [0.2, 0.25) is 0 Å². The van der Waals surface area contributed by atoms with Gasteiger partial charge in [0.2, 0.25) is 0 Å². The molecule has 0 spiro atoms. The van der Waals surface area contributed by atoms with Gasteiger partial charge in [-0.3, -0.25) is 4.79 Å². The lowest BCUT2D eigenvalue weighted by atomic mass is 9.73. The number of halogens is 3. The molecule has 1 amide bonds. The van der Waals surface area contributed by atoms with E-state index in [-0.39, 0.29) is 22.8 Å². The van der Waals surface area contributed by atoms with Crippen molar-refractivity contribution in [3.8, 4) is 6.07 Å². The van der Waals surface area contributed by atoms with Gasteiger partial charge in [0.25, 0.3) is 5.91 Å². The molecule has 2 unspecified atom stereocenters. The summed E-state index contributed by atoms with van der Waals surface area (Å²) in [6.07, 6.45) is -3.90. The first kappa shape index (κ1) is 25.1. The minimum atomic E-state index is -4.60. The standard InChI is InChI=1S/C27H30F3N3O2/c1-4-35-17-26-9-10-32(22-8-7-20(13-31)24(12-22)27(28,29)30)14-21(26)15-33(16-26)25(34)23-11-18(2)5-6-19(23)3/h5-8,11-12,21H,4,9-10,14-17H2,1-3H3. The SMILES string of the molecule is CCOCC12CCN(c3ccc(C#N)c(C(F)(F)F)c3)CC1CN(C(=O)c1cc(C)ccc1C)C2. The summed E-state index contributed by atoms with van der Waals surface area (Å²) in [6, 6.07) is 11.4. The van der Waals surface area contributed by atoms with Gasteiger partial charge in [-0.15, -0.1) is 0 Å². The van der Waals surface area contributed by atoms with E-state index in [1.807, 2.05) is 48.8 Å². The van der Waals surface area contributed by atoms with Crippen LogP contribution in [0.5, 0.6) is 0 Å². The number of aryl methyl sites for hydroxylation is 2. The third-order valence-corrected chi connectivity index (χ3v) is 7.43. The summed E-state index contributed by atoms with van der Waals surface area (Å²) in [6.45, 7) is 9.07. The number of hydrogen-bond acceptors (Lipinski definition) is 4. The zero-order chi connectivity index (χ0) is 25.4. The normalized spacial score (nSPS) is 22.1. The molecule has 186 valence electrons. The molecular weight excluding hydrogens is 455 g/mol. The lowest BCUT2D eigenvalue weighted by Crippen LogP contribution is -2.49. The maximum absolute atomic E-state index is 13.5. The van der Waals surface area contributed by atoms with Gasteiger partial charge in [-0.05, 0) is 57.0 Å². The van der Waals surface area contributed by atoms with Crippen molar-refractivity contribution in [2.75, 3.05) is 44.3 Å². The van der Waals surface area contributed by atoms with Crippen LogP contribution in [-0.4, -0.2) is 50.2 Å². The van der Waals surface area contributed by atoms with Gasteiger partial charge in [0.15, 0.2) is 0 Å². The van der Waals surface area contributed by atoms with Crippen molar-refractivity contribution in [2.45, 2.75) is 33.4 Å². The molecule has 5 nitrogen and oxygen atoms in total. The lowest BCUT2D eigenvalue weighted by Gasteiger charge is -2.44. The quantitative estimate of drug-likeness (QED) is 0.584. The number of nitriles is 1. The van der Waals surface area contributed by atoms with E-state index in [9.17, 15) is 18.0 Å². The van der Waals surface area contributed by atoms with Crippen LogP contribution >= 0.6 is 0 Å². The van der Waals surface area contributed by atoms with Crippen molar-refractivity contribution < 1.29 is 22.7 Å². The Hall–Kier alpha value is -3.05. The smallest absolute Gasteiger partial charge is 0.381 e. The van der Waals surface area contributed by atoms with Gasteiger partial charge in [0.05, 0.1) is 23.8 Å². The molecule has 2 aliphatic rings. The highest BCUT2D eigenvalue weighted by Crippen LogP contribution is 2.45. The van der Waals surface area contributed by atoms with Crippen molar-refractivity contribution in [1.82, 2.24) is 4.90 Å². The molecule has 2 heterocycles. The van der Waals surface area contributed by atoms with E-state index in [4.69, 9.17) is 10.00 Å². The molecule has 0 aliphatic carbocycles. The maximum Gasteiger partial charge on any atom is 0.417 e. The Bertz CT molecular complexity index is 1160. The number of amides is 1. The highest BCUT2D eigenvalue weighted by atomic mass is 19.4. The number of rotatable bonds is 5. The summed E-state index contributed by atoms with van der Waals surface area (Å²) in [5.74, 6) is 0.0441. The van der Waals surface area contributed by atoms with Gasteiger partial charge in [-0.25, -0.2) is 0 Å². The molecule has 0 saturated carbocycles. The number of carbonyl (C=O) groups excluding carboxylic acids is 1. The molecule has 2 aromatic carbocycles. The van der Waals surface area contributed by atoms with Crippen molar-refractivity contribution in [3.63, 3.8) is 0 Å². The molecule has 0 bridgehead atoms. The number of carbonyl (C=O) groups is 1. The summed E-state index contributed by atoms with van der Waals surface area (Å²) in [4.78, 5) is 17.3. The molecule has 4 rings (SSSR count). The monoisotopic (exact) mass is 485 g/mol. The molecule has 2 aliphatic heterocycles. The first-order valence-electron chi connectivity index (χ1n) is 11.9. The Kier molecular flexibility index (Phi) is 6.83. The van der Waals surface area contributed by atoms with E-state index in [0.29, 0.717) is 57.1 Å². The van der Waals surface area contributed by atoms with E-state index >= 15 is 0 Å². The Balaban J connectivity index is 1.61. The van der Waals surface area contributed by atoms with Crippen LogP contribution in [0.1, 0.15) is 46.0 Å². The molecule has 8 heteroatoms. The predicted octanol–water partition coefficient (Wildman–Crippen LogP) is 5.20. The summed E-state index contributed by atoms with van der Waals surface area (Å²) in [5, 5.41) is 9.12. The van der Waals surface area contributed by atoms with Gasteiger partial charge in [-0.2, -0.15) is 18.4 Å². The predicted molar refractivity (Wildman–Crippen MR) is 127 cm³/mol. The van der Waals surface area contributed by atoms with Gasteiger partial charge < -0.3 is 14.5 Å². The van der Waals surface area contributed by atoms with Crippen LogP contribution in [0, 0.1) is 36.5 Å². The first-order valence-corrected chi connectivity index (χ1v) is 11.9. The second-order valence-electron chi connectivity index (χ2n) is 9.74. The minimum absolute atomic E-state index is 0.0132. The molecule has 2 fully saturated rings. The number of likely N-dealkylation sites (tertiary alicyclic amines) is 1. The number of hydrogen-bond donors (Lipinski definition) is 0. The number of fused-ring (bicyclic) bond motifs is 1. The highest BCUT2D eigenvalue weighted by Gasteiger charge is 2.51. The maximum atomic E-state index is 13.5. The van der Waals surface area contributed by atoms with Gasteiger partial charge >= 0.3 is 6.18 Å². The fraction of sp³-hybridized carbons (Fsp3) is 0.481. The molecule has 2 saturated heterocycles. The van der Waals surface area contributed by atoms with Crippen LogP contribution in [0.25, 0.3) is 0 Å². The lowest BCUT2D eigenvalue weighted by molar-refractivity contribution is -0.137. The minimum Gasteiger partial charge on any atom is -0.381 e. The number of nitrogens with zero attached hydrogens (tertiary/aromatic N) is 3. The molecular formula is C27H30F3N3O2. The molecule has 35 heavy (non-hydrogen) atoms. The van der Waals surface area contributed by atoms with E-state index in [1.165, 1.54) is 6.07 Å². The zero-order valence-electron chi connectivity index (χ0n) is 20.3. The van der Waals surface area contributed by atoms with Crippen LogP contribution in [-0.2, 0) is 10.9 Å². The summed E-state index contributed by atoms with van der Waals surface area (Å²) in [7, 11) is 0. The largest absolute Gasteiger partial charge is 0.417 e. The Morgan fingerprint density at radius 2 is 1.97 bits per heavy atom. The molecule has 2 aromatic rings. The summed E-state index contributed by atoms with van der Waals surface area (Å²) >= 11 is 0. The summed E-state index contributed by atoms with van der Waals surface area (Å²) in [5.41, 5.74) is 1.55. The van der Waals surface area contributed by atoms with E-state index in [0.717, 1.165) is 17.2 Å². The van der Waals surface area contributed by atoms with Crippen LogP contribution in [0.4, 0.5) is 18.9 Å². The van der Waals surface area contributed by atoms with E-state index in [2.05, 4.69) is 0 Å². The Morgan fingerprint density at radius 1 is 1.20 bits per heavy atom. The van der Waals surface area contributed by atoms with Crippen molar-refractivity contribution >= 4 is 11.6 Å². The fourth-order valence-electron chi connectivity index (χ4n) is 5.41. The van der Waals surface area contributed by atoms with E-state index < -0.39 is 11.7 Å². The van der Waals surface area contributed by atoms with Crippen LogP contribution < -0.4 is 4.90 Å². The molecule has 0 N–H and O–H groups in total. The number of anilines is 1. The average Bonchev–Trinajstić information content (AvgIpc) is 3.22. The highest BCUT2D eigenvalue weighted by molar-refractivity contribution is 5.96. The second kappa shape index (κ2) is 9.54. The van der Waals surface area contributed by atoms with E-state index in [1.54, 1.807) is 12.1 Å². The Labute approximate surface area is 204 Å². The third kappa shape index (κ3) is 4.87. The van der Waals surface area contributed by atoms with Crippen molar-refractivity contribution in [3.05, 3.63) is 64.2 Å². The zero-order valence-corrected chi connectivity index (χ0v) is 20.3. The third-order valence-electron chi connectivity index (χ3n) is 7.43.